The summed E-state index contributed by atoms with van der Waals surface area (Å²) >= 11 is 0. The maximum Gasteiger partial charge on any atom is 0.276 e. The number of nitro benzene ring substituents is 1. The Kier molecular flexibility index (Phi) is 3.77. The van der Waals surface area contributed by atoms with E-state index in [2.05, 4.69) is 0 Å². The number of nitrogens with zero attached hydrogens (tertiary/aromatic N) is 1. The van der Waals surface area contributed by atoms with Crippen LogP contribution in [0.1, 0.15) is 12.5 Å². The van der Waals surface area contributed by atoms with Crippen LogP contribution in [0.15, 0.2) is 24.3 Å². The lowest BCUT2D eigenvalue weighted by molar-refractivity contribution is -0.385. The molecule has 1 aromatic rings. The fraction of sp³-hybridized carbons (Fsp3) is 0.182. The third kappa shape index (κ3) is 2.91. The molecule has 1 rings (SSSR count). The topological polar surface area (TPSA) is 69.4 Å². The van der Waals surface area contributed by atoms with Gasteiger partial charge in [-0.05, 0) is 31.2 Å². The minimum atomic E-state index is -0.501. The van der Waals surface area contributed by atoms with E-state index in [1.165, 1.54) is 44.4 Å². The molecular weight excluding hydrogens is 210 g/mol. The Bertz CT molecular complexity index is 451. The molecule has 84 valence electrons. The molecule has 5 nitrogen and oxygen atoms in total. The number of rotatable bonds is 4. The van der Waals surface area contributed by atoms with E-state index in [-0.39, 0.29) is 11.5 Å². The van der Waals surface area contributed by atoms with E-state index >= 15 is 0 Å². The highest BCUT2D eigenvalue weighted by Gasteiger charge is 2.12. The van der Waals surface area contributed by atoms with Crippen LogP contribution in [0.2, 0.25) is 0 Å². The van der Waals surface area contributed by atoms with Gasteiger partial charge in [0.05, 0.1) is 17.6 Å². The molecule has 16 heavy (non-hydrogen) atoms. The summed E-state index contributed by atoms with van der Waals surface area (Å²) in [5.74, 6) is 0.339. The number of benzene rings is 1. The summed E-state index contributed by atoms with van der Waals surface area (Å²) in [5.41, 5.74) is 0.290. The molecule has 0 aliphatic rings. The lowest BCUT2D eigenvalue weighted by atomic mass is 10.1. The Morgan fingerprint density at radius 2 is 2.19 bits per heavy atom. The van der Waals surface area contributed by atoms with Gasteiger partial charge in [-0.1, -0.05) is 0 Å². The van der Waals surface area contributed by atoms with Crippen LogP contribution in [0.25, 0.3) is 6.08 Å². The molecule has 1 aromatic carbocycles. The van der Waals surface area contributed by atoms with Crippen molar-refractivity contribution in [3.8, 4) is 5.75 Å². The summed E-state index contributed by atoms with van der Waals surface area (Å²) in [6.45, 7) is 1.38. The zero-order valence-electron chi connectivity index (χ0n) is 8.97. The number of methoxy groups -OCH3 is 1. The number of ketones is 1. The van der Waals surface area contributed by atoms with Crippen molar-refractivity contribution in [3.05, 3.63) is 40.0 Å². The molecule has 0 spiro atoms. The van der Waals surface area contributed by atoms with E-state index in [0.29, 0.717) is 11.3 Å². The van der Waals surface area contributed by atoms with Crippen LogP contribution in [0.4, 0.5) is 5.69 Å². The summed E-state index contributed by atoms with van der Waals surface area (Å²) in [4.78, 5) is 21.0. The number of hydrogen-bond acceptors (Lipinski definition) is 4. The highest BCUT2D eigenvalue weighted by molar-refractivity contribution is 5.92. The van der Waals surface area contributed by atoms with Crippen LogP contribution in [-0.4, -0.2) is 17.8 Å². The first-order chi connectivity index (χ1) is 7.54. The van der Waals surface area contributed by atoms with Crippen molar-refractivity contribution < 1.29 is 14.5 Å². The van der Waals surface area contributed by atoms with E-state index in [1.807, 2.05) is 0 Å². The monoisotopic (exact) mass is 221 g/mol. The van der Waals surface area contributed by atoms with E-state index in [0.717, 1.165) is 0 Å². The Balaban J connectivity index is 3.20. The van der Waals surface area contributed by atoms with Crippen LogP contribution in [0.5, 0.6) is 5.75 Å². The Labute approximate surface area is 92.5 Å². The predicted molar refractivity (Wildman–Crippen MR) is 59.4 cm³/mol. The van der Waals surface area contributed by atoms with Gasteiger partial charge in [-0.25, -0.2) is 0 Å². The minimum absolute atomic E-state index is 0.0571. The summed E-state index contributed by atoms with van der Waals surface area (Å²) in [7, 11) is 1.47. The van der Waals surface area contributed by atoms with E-state index in [9.17, 15) is 14.9 Å². The van der Waals surface area contributed by atoms with Gasteiger partial charge in [0.1, 0.15) is 5.75 Å². The fourth-order valence-corrected chi connectivity index (χ4v) is 1.17. The van der Waals surface area contributed by atoms with Gasteiger partial charge in [-0.3, -0.25) is 14.9 Å². The lowest BCUT2D eigenvalue weighted by Gasteiger charge is -2.01. The first-order valence-electron chi connectivity index (χ1n) is 4.55. The van der Waals surface area contributed by atoms with Crippen LogP contribution in [-0.2, 0) is 4.79 Å². The van der Waals surface area contributed by atoms with Gasteiger partial charge in [0.2, 0.25) is 0 Å². The van der Waals surface area contributed by atoms with Gasteiger partial charge in [0.25, 0.3) is 5.69 Å². The maximum atomic E-state index is 10.8. The van der Waals surface area contributed by atoms with Crippen LogP contribution >= 0.6 is 0 Å². The van der Waals surface area contributed by atoms with Crippen LogP contribution < -0.4 is 4.74 Å². The maximum absolute atomic E-state index is 10.8. The van der Waals surface area contributed by atoms with E-state index in [1.54, 1.807) is 0 Å². The molecule has 0 bridgehead atoms. The van der Waals surface area contributed by atoms with Crippen molar-refractivity contribution in [1.29, 1.82) is 0 Å². The number of nitro groups is 1. The quantitative estimate of drug-likeness (QED) is 0.444. The van der Waals surface area contributed by atoms with Gasteiger partial charge >= 0.3 is 0 Å². The molecule has 0 atom stereocenters. The second kappa shape index (κ2) is 5.06. The second-order valence-electron chi connectivity index (χ2n) is 3.13. The normalized spacial score (nSPS) is 10.4. The number of hydrogen-bond donors (Lipinski definition) is 0. The highest BCUT2D eigenvalue weighted by atomic mass is 16.6. The molecule has 5 heteroatoms. The van der Waals surface area contributed by atoms with Gasteiger partial charge < -0.3 is 4.74 Å². The summed E-state index contributed by atoms with van der Waals surface area (Å²) in [6.07, 6.45) is 2.69. The molecule has 0 unspecified atom stereocenters. The van der Waals surface area contributed by atoms with Crippen LogP contribution in [0, 0.1) is 10.1 Å². The third-order valence-corrected chi connectivity index (χ3v) is 1.93. The van der Waals surface area contributed by atoms with Crippen molar-refractivity contribution in [2.75, 3.05) is 7.11 Å². The molecule has 0 N–H and O–H groups in total. The van der Waals surface area contributed by atoms with Gasteiger partial charge in [-0.15, -0.1) is 0 Å². The van der Waals surface area contributed by atoms with Gasteiger partial charge in [-0.2, -0.15) is 0 Å². The average molecular weight is 221 g/mol. The van der Waals surface area contributed by atoms with Gasteiger partial charge in [0.15, 0.2) is 5.78 Å². The Morgan fingerprint density at radius 1 is 1.50 bits per heavy atom. The summed E-state index contributed by atoms with van der Waals surface area (Å²) in [6, 6.07) is 4.36. The standard InChI is InChI=1S/C11H11NO4/c1-8(13)3-4-9-7-10(16-2)5-6-11(9)12(14)15/h3-7H,1-2H3. The third-order valence-electron chi connectivity index (χ3n) is 1.93. The first kappa shape index (κ1) is 11.9. The minimum Gasteiger partial charge on any atom is -0.497 e. The summed E-state index contributed by atoms with van der Waals surface area (Å²) < 4.78 is 4.95. The predicted octanol–water partition coefficient (Wildman–Crippen LogP) is 2.21. The molecule has 0 aromatic heterocycles. The molecule has 0 amide bonds. The smallest absolute Gasteiger partial charge is 0.276 e. The molecule has 0 heterocycles. The van der Waals surface area contributed by atoms with E-state index < -0.39 is 4.92 Å². The first-order valence-corrected chi connectivity index (χ1v) is 4.55. The zero-order chi connectivity index (χ0) is 12.1. The largest absolute Gasteiger partial charge is 0.497 e. The number of ether oxygens (including phenoxy) is 1. The second-order valence-corrected chi connectivity index (χ2v) is 3.13. The Hall–Kier alpha value is -2.17. The Morgan fingerprint density at radius 3 is 2.69 bits per heavy atom. The highest BCUT2D eigenvalue weighted by Crippen LogP contribution is 2.24. The molecule has 0 saturated heterocycles. The number of allylic oxidation sites excluding steroid dienone is 1. The average Bonchev–Trinajstić information content (AvgIpc) is 2.25. The molecule has 0 radical (unpaired) electrons. The van der Waals surface area contributed by atoms with Crippen molar-refractivity contribution in [2.24, 2.45) is 0 Å². The van der Waals surface area contributed by atoms with Crippen molar-refractivity contribution in [2.45, 2.75) is 6.92 Å². The zero-order valence-corrected chi connectivity index (χ0v) is 8.97. The van der Waals surface area contributed by atoms with E-state index in [4.69, 9.17) is 4.74 Å². The number of carbonyl (C=O) groups excluding carboxylic acids is 1. The lowest BCUT2D eigenvalue weighted by Crippen LogP contribution is -1.93. The number of carbonyl (C=O) groups is 1. The van der Waals surface area contributed by atoms with Crippen molar-refractivity contribution in [1.82, 2.24) is 0 Å². The molecule has 0 fully saturated rings. The van der Waals surface area contributed by atoms with Gasteiger partial charge in [0, 0.05) is 6.07 Å². The molecule has 0 saturated carbocycles. The van der Waals surface area contributed by atoms with Crippen LogP contribution in [0.3, 0.4) is 0 Å². The van der Waals surface area contributed by atoms with Crippen molar-refractivity contribution in [3.63, 3.8) is 0 Å². The molecule has 0 aliphatic heterocycles. The molecular formula is C11H11NO4. The van der Waals surface area contributed by atoms with Crippen molar-refractivity contribution >= 4 is 17.5 Å². The SMILES string of the molecule is COc1ccc([N+](=O)[O-])c(C=CC(C)=O)c1. The fourth-order valence-electron chi connectivity index (χ4n) is 1.17. The molecule has 0 aliphatic carbocycles. The summed E-state index contributed by atoms with van der Waals surface area (Å²) in [5, 5.41) is 10.7.